The molecule has 4 heteroatoms. The molecule has 0 fully saturated rings. The molecule has 18 heavy (non-hydrogen) atoms. The van der Waals surface area contributed by atoms with E-state index in [9.17, 15) is 4.79 Å². The first kappa shape index (κ1) is 9.41. The van der Waals surface area contributed by atoms with Crippen LogP contribution in [-0.2, 0) is 4.79 Å². The fourth-order valence-corrected chi connectivity index (χ4v) is 2.36. The lowest BCUT2D eigenvalue weighted by atomic mass is 10.0. The summed E-state index contributed by atoms with van der Waals surface area (Å²) in [6, 6.07) is 7.81. The van der Waals surface area contributed by atoms with Gasteiger partial charge in [-0.15, -0.1) is 0 Å². The third-order valence-electron chi connectivity index (χ3n) is 3.18. The number of fused-ring (bicyclic) bond motifs is 5. The van der Waals surface area contributed by atoms with E-state index in [4.69, 9.17) is 0 Å². The normalized spacial score (nSPS) is 15.2. The lowest BCUT2D eigenvalue weighted by molar-refractivity contribution is -0.111. The number of carbonyl (C=O) groups excluding carboxylic acids is 1. The number of nitrogens with zero attached hydrogens (tertiary/aromatic N) is 3. The average molecular weight is 233 g/mol. The summed E-state index contributed by atoms with van der Waals surface area (Å²) in [6.07, 6.45) is 4.94. The maximum atomic E-state index is 11.2. The molecule has 0 bridgehead atoms. The van der Waals surface area contributed by atoms with E-state index in [-0.39, 0.29) is 5.91 Å². The summed E-state index contributed by atoms with van der Waals surface area (Å²) in [5, 5.41) is 3.83. The number of carbonyl (C=O) groups is 1. The third-order valence-corrected chi connectivity index (χ3v) is 3.18. The molecule has 1 amide bonds. The number of rotatable bonds is 0. The Morgan fingerprint density at radius 2 is 1.83 bits per heavy atom. The molecule has 0 spiro atoms. The Morgan fingerprint density at radius 3 is 2.78 bits per heavy atom. The number of amides is 1. The Morgan fingerprint density at radius 1 is 0.944 bits per heavy atom. The first-order valence-corrected chi connectivity index (χ1v) is 5.59. The van der Waals surface area contributed by atoms with Crippen LogP contribution >= 0.6 is 0 Å². The summed E-state index contributed by atoms with van der Waals surface area (Å²) in [7, 11) is 0. The van der Waals surface area contributed by atoms with Crippen LogP contribution in [0.15, 0.2) is 39.2 Å². The molecule has 0 radical (unpaired) electrons. The zero-order valence-corrected chi connectivity index (χ0v) is 9.29. The maximum Gasteiger partial charge on any atom is 0.288 e. The second-order valence-electron chi connectivity index (χ2n) is 4.21. The Balaban J connectivity index is 2.22. The highest BCUT2D eigenvalue weighted by Gasteiger charge is 2.11. The standard InChI is InChI=1S/C14H7N3O/c18-13-7-16-14-10-2-1-8-5-15-6-11(8)9(10)3-4-12(14)17-13/h1-7H. The smallest absolute Gasteiger partial charge is 0.266 e. The van der Waals surface area contributed by atoms with Gasteiger partial charge in [-0.2, -0.15) is 0 Å². The van der Waals surface area contributed by atoms with Gasteiger partial charge in [0.15, 0.2) is 0 Å². The Kier molecular flexibility index (Phi) is 1.67. The van der Waals surface area contributed by atoms with E-state index in [0.29, 0.717) is 5.36 Å². The number of aliphatic imine (C=N–C) groups is 2. The molecule has 4 nitrogen and oxygen atoms in total. The van der Waals surface area contributed by atoms with Gasteiger partial charge in [-0.05, 0) is 11.5 Å². The van der Waals surface area contributed by atoms with E-state index in [1.807, 2.05) is 36.7 Å². The van der Waals surface area contributed by atoms with Crippen molar-refractivity contribution in [2.45, 2.75) is 0 Å². The molecule has 0 atom stereocenters. The lowest BCUT2D eigenvalue weighted by Crippen LogP contribution is -2.13. The van der Waals surface area contributed by atoms with Crippen LogP contribution in [0.2, 0.25) is 0 Å². The molecule has 84 valence electrons. The maximum absolute atomic E-state index is 11.2. The molecule has 2 heterocycles. The predicted octanol–water partition coefficient (Wildman–Crippen LogP) is 0.872. The summed E-state index contributed by atoms with van der Waals surface area (Å²) >= 11 is 0. The highest BCUT2D eigenvalue weighted by atomic mass is 16.1. The molecule has 4 rings (SSSR count). The highest BCUT2D eigenvalue weighted by Crippen LogP contribution is 2.24. The van der Waals surface area contributed by atoms with Crippen LogP contribution in [-0.4, -0.2) is 18.3 Å². The van der Waals surface area contributed by atoms with Crippen LogP contribution in [0, 0.1) is 0 Å². The molecule has 2 aliphatic rings. The topological polar surface area (TPSA) is 54.1 Å². The SMILES string of the molecule is O=C1C=Nc2c(ccc3c4c(ccc23)=CN=C4)=N1. The molecule has 0 N–H and O–H groups in total. The van der Waals surface area contributed by atoms with Crippen molar-refractivity contribution in [2.24, 2.45) is 15.0 Å². The summed E-state index contributed by atoms with van der Waals surface area (Å²) < 4.78 is 0. The third kappa shape index (κ3) is 1.14. The summed E-state index contributed by atoms with van der Waals surface area (Å²) in [4.78, 5) is 23.5. The van der Waals surface area contributed by atoms with E-state index in [1.54, 1.807) is 0 Å². The Labute approximate surface area is 102 Å². The van der Waals surface area contributed by atoms with Gasteiger partial charge in [0.05, 0.1) is 17.3 Å². The van der Waals surface area contributed by atoms with Crippen LogP contribution in [0.5, 0.6) is 0 Å². The Bertz CT molecular complexity index is 891. The summed E-state index contributed by atoms with van der Waals surface area (Å²) in [6.45, 7) is 0. The summed E-state index contributed by atoms with van der Waals surface area (Å²) in [5.74, 6) is -0.307. The van der Waals surface area contributed by atoms with E-state index in [1.165, 1.54) is 6.21 Å². The minimum atomic E-state index is -0.307. The monoisotopic (exact) mass is 233 g/mol. The highest BCUT2D eigenvalue weighted by molar-refractivity contribution is 6.28. The van der Waals surface area contributed by atoms with E-state index >= 15 is 0 Å². The van der Waals surface area contributed by atoms with Gasteiger partial charge in [0, 0.05) is 28.6 Å². The second-order valence-corrected chi connectivity index (χ2v) is 4.21. The van der Waals surface area contributed by atoms with Crippen molar-refractivity contribution >= 4 is 41.0 Å². The van der Waals surface area contributed by atoms with Gasteiger partial charge in [0.1, 0.15) is 0 Å². The van der Waals surface area contributed by atoms with Gasteiger partial charge in [0.2, 0.25) is 0 Å². The van der Waals surface area contributed by atoms with E-state index in [2.05, 4.69) is 15.0 Å². The largest absolute Gasteiger partial charge is 0.288 e. The van der Waals surface area contributed by atoms with Gasteiger partial charge >= 0.3 is 0 Å². The molecule has 0 unspecified atom stereocenters. The van der Waals surface area contributed by atoms with Crippen LogP contribution in [0.1, 0.15) is 5.56 Å². The fourth-order valence-electron chi connectivity index (χ4n) is 2.36. The average Bonchev–Trinajstić information content (AvgIpc) is 2.86. The van der Waals surface area contributed by atoms with Crippen molar-refractivity contribution in [3.63, 3.8) is 0 Å². The van der Waals surface area contributed by atoms with Gasteiger partial charge in [-0.1, -0.05) is 18.2 Å². The molecular formula is C14H7N3O. The van der Waals surface area contributed by atoms with Crippen molar-refractivity contribution in [3.8, 4) is 0 Å². The van der Waals surface area contributed by atoms with Gasteiger partial charge in [0.25, 0.3) is 5.91 Å². The quantitative estimate of drug-likeness (QED) is 0.666. The van der Waals surface area contributed by atoms with Crippen molar-refractivity contribution in [3.05, 3.63) is 40.4 Å². The van der Waals surface area contributed by atoms with Crippen LogP contribution in [0.4, 0.5) is 5.69 Å². The number of hydrogen-bond acceptors (Lipinski definition) is 3. The van der Waals surface area contributed by atoms with Crippen molar-refractivity contribution in [1.29, 1.82) is 0 Å². The molecule has 2 aliphatic heterocycles. The van der Waals surface area contributed by atoms with Crippen LogP contribution < -0.4 is 10.6 Å². The van der Waals surface area contributed by atoms with Crippen LogP contribution in [0.25, 0.3) is 17.0 Å². The van der Waals surface area contributed by atoms with Crippen molar-refractivity contribution < 1.29 is 4.79 Å². The zero-order valence-electron chi connectivity index (χ0n) is 9.29. The number of hydrogen-bond donors (Lipinski definition) is 0. The molecule has 2 aromatic carbocycles. The van der Waals surface area contributed by atoms with Crippen molar-refractivity contribution in [1.82, 2.24) is 0 Å². The van der Waals surface area contributed by atoms with Crippen LogP contribution in [0.3, 0.4) is 0 Å². The van der Waals surface area contributed by atoms with Gasteiger partial charge in [-0.3, -0.25) is 9.79 Å². The number of benzene rings is 2. The molecule has 0 saturated carbocycles. The molecule has 0 aliphatic carbocycles. The van der Waals surface area contributed by atoms with Gasteiger partial charge < -0.3 is 0 Å². The fraction of sp³-hybridized carbons (Fsp3) is 0. The lowest BCUT2D eigenvalue weighted by Gasteiger charge is -2.07. The predicted molar refractivity (Wildman–Crippen MR) is 69.9 cm³/mol. The zero-order chi connectivity index (χ0) is 12.1. The van der Waals surface area contributed by atoms with Gasteiger partial charge in [-0.25, -0.2) is 9.98 Å². The first-order chi connectivity index (χ1) is 8.83. The first-order valence-electron chi connectivity index (χ1n) is 5.59. The van der Waals surface area contributed by atoms with E-state index < -0.39 is 0 Å². The molecular weight excluding hydrogens is 226 g/mol. The Hall–Kier alpha value is -2.62. The molecule has 0 aromatic heterocycles. The second kappa shape index (κ2) is 3.20. The minimum absolute atomic E-state index is 0.307. The van der Waals surface area contributed by atoms with Crippen molar-refractivity contribution in [2.75, 3.05) is 0 Å². The minimum Gasteiger partial charge on any atom is -0.266 e. The van der Waals surface area contributed by atoms with E-state index in [0.717, 1.165) is 27.2 Å². The molecule has 2 aromatic rings. The summed E-state index contributed by atoms with van der Waals surface area (Å²) in [5.41, 5.74) is 1.86. The molecule has 0 saturated heterocycles.